The molecule has 0 aromatic carbocycles. The number of ketones is 1. The van der Waals surface area contributed by atoms with E-state index >= 15 is 0 Å². The first-order chi connectivity index (χ1) is 7.49. The van der Waals surface area contributed by atoms with Crippen LogP contribution in [0, 0.1) is 0 Å². The second kappa shape index (κ2) is 5.25. The van der Waals surface area contributed by atoms with Crippen LogP contribution in [0.25, 0.3) is 0 Å². The molecule has 0 aromatic rings. The average molecular weight is 241 g/mol. The minimum Gasteiger partial charge on any atom is -0.258 e. The van der Waals surface area contributed by atoms with Crippen LogP contribution >= 0.6 is 0 Å². The van der Waals surface area contributed by atoms with Gasteiger partial charge in [-0.1, -0.05) is 13.0 Å². The van der Waals surface area contributed by atoms with E-state index in [-0.39, 0.29) is 5.75 Å². The number of hydrogen-bond donors (Lipinski definition) is 0. The van der Waals surface area contributed by atoms with Gasteiger partial charge >= 0.3 is 5.78 Å². The molecule has 0 N–H and O–H groups in total. The third kappa shape index (κ3) is 3.17. The molecule has 16 heavy (non-hydrogen) atoms. The molecule has 0 fully saturated rings. The van der Waals surface area contributed by atoms with Crippen LogP contribution in [0.3, 0.4) is 0 Å². The third-order valence-corrected chi connectivity index (χ3v) is 4.59. The van der Waals surface area contributed by atoms with Gasteiger partial charge in [0.25, 0.3) is 7.11 Å². The summed E-state index contributed by atoms with van der Waals surface area (Å²) in [6, 6.07) is 0. The molecule has 0 aromatic heterocycles. The fourth-order valence-corrected chi connectivity index (χ4v) is 2.24. The number of sulfone groups is 1. The molecule has 0 saturated carbocycles. The smallest absolute Gasteiger partial charge is 0.258 e. The quantitative estimate of drug-likeness (QED) is 0.704. The summed E-state index contributed by atoms with van der Waals surface area (Å²) in [6.07, 6.45) is 9.08. The zero-order chi connectivity index (χ0) is 12.2. The molecule has 1 unspecified atom stereocenters. The first-order valence-corrected chi connectivity index (χ1v) is 6.91. The lowest BCUT2D eigenvalue weighted by Crippen LogP contribution is -2.17. The van der Waals surface area contributed by atoms with Crippen LogP contribution in [-0.2, 0) is 14.3 Å². The summed E-state index contributed by atoms with van der Waals surface area (Å²) in [5, 5.41) is -0.453. The zero-order valence-electron chi connectivity index (χ0n) is 9.80. The van der Waals surface area contributed by atoms with Crippen molar-refractivity contribution in [3.8, 4) is 0 Å². The number of allylic oxidation sites excluding steroid dienone is 5. The largest absolute Gasteiger partial charge is 0.343 e. The highest BCUT2D eigenvalue weighted by molar-refractivity contribution is 7.92. The predicted molar refractivity (Wildman–Crippen MR) is 66.2 cm³/mol. The van der Waals surface area contributed by atoms with E-state index in [0.717, 1.165) is 11.4 Å². The monoisotopic (exact) mass is 241 g/mol. The first kappa shape index (κ1) is 12.9. The van der Waals surface area contributed by atoms with Gasteiger partial charge in [0.2, 0.25) is 0 Å². The van der Waals surface area contributed by atoms with Crippen molar-refractivity contribution < 1.29 is 12.8 Å². The minimum absolute atomic E-state index is 0.167. The maximum Gasteiger partial charge on any atom is 0.343 e. The van der Waals surface area contributed by atoms with Gasteiger partial charge in [-0.05, 0) is 24.6 Å². The summed E-state index contributed by atoms with van der Waals surface area (Å²) >= 11 is 0. The fourth-order valence-electron chi connectivity index (χ4n) is 1.35. The predicted octanol–water partition coefficient (Wildman–Crippen LogP) is 1.60. The second-order valence-electron chi connectivity index (χ2n) is 3.60. The Balaban J connectivity index is 2.86. The Kier molecular flexibility index (Phi) is 4.24. The van der Waals surface area contributed by atoms with Crippen LogP contribution in [0.5, 0.6) is 0 Å². The van der Waals surface area contributed by atoms with Gasteiger partial charge in [-0.3, -0.25) is 4.42 Å². The Labute approximate surface area is 96.8 Å². The Morgan fingerprint density at radius 1 is 1.31 bits per heavy atom. The molecule has 4 heteroatoms. The average Bonchev–Trinajstić information content (AvgIpc) is 2.30. The van der Waals surface area contributed by atoms with Crippen LogP contribution < -0.4 is 0 Å². The molecule has 0 aliphatic heterocycles. The first-order valence-electron chi connectivity index (χ1n) is 5.20. The molecule has 0 saturated heterocycles. The van der Waals surface area contributed by atoms with Crippen molar-refractivity contribution in [3.63, 3.8) is 0 Å². The molecule has 0 spiro atoms. The van der Waals surface area contributed by atoms with Gasteiger partial charge in [0, 0.05) is 17.9 Å². The van der Waals surface area contributed by atoms with E-state index in [1.165, 1.54) is 0 Å². The molecule has 3 nitrogen and oxygen atoms in total. The summed E-state index contributed by atoms with van der Waals surface area (Å²) in [5.41, 5.74) is 0.894. The van der Waals surface area contributed by atoms with E-state index in [4.69, 9.17) is 4.42 Å². The Morgan fingerprint density at radius 2 is 1.88 bits per heavy atom. The van der Waals surface area contributed by atoms with Gasteiger partial charge in [0.05, 0.1) is 5.25 Å². The lowest BCUT2D eigenvalue weighted by molar-refractivity contribution is -0.417. The molecule has 1 rings (SSSR count). The molecule has 0 amide bonds. The topological polar surface area (TPSA) is 45.4 Å². The Morgan fingerprint density at radius 3 is 2.31 bits per heavy atom. The van der Waals surface area contributed by atoms with Gasteiger partial charge in [0.15, 0.2) is 9.84 Å². The van der Waals surface area contributed by atoms with Crippen molar-refractivity contribution in [2.75, 3.05) is 12.9 Å². The number of carbonyl (C=O) groups excluding carboxylic acids is 1. The summed E-state index contributed by atoms with van der Waals surface area (Å²) in [4.78, 5) is 0. The van der Waals surface area contributed by atoms with Crippen LogP contribution in [0.2, 0.25) is 0 Å². The highest BCUT2D eigenvalue weighted by Gasteiger charge is 2.16. The molecule has 88 valence electrons. The van der Waals surface area contributed by atoms with Gasteiger partial charge in [-0.15, -0.1) is 0 Å². The van der Waals surface area contributed by atoms with E-state index in [0.29, 0.717) is 0 Å². The Bertz CT molecular complexity index is 446. The van der Waals surface area contributed by atoms with E-state index in [9.17, 15) is 8.42 Å². The molecule has 0 radical (unpaired) electrons. The normalized spacial score (nSPS) is 17.4. The Hall–Kier alpha value is -1.16. The maximum atomic E-state index is 11.6. The van der Waals surface area contributed by atoms with E-state index in [1.807, 2.05) is 24.3 Å². The van der Waals surface area contributed by atoms with Crippen LogP contribution in [-0.4, -0.2) is 32.3 Å². The van der Waals surface area contributed by atoms with Crippen LogP contribution in [0.15, 0.2) is 36.0 Å². The number of rotatable bonds is 3. The molecular formula is C12H17O3S+. The van der Waals surface area contributed by atoms with E-state index in [2.05, 4.69) is 0 Å². The second-order valence-corrected chi connectivity index (χ2v) is 6.24. The van der Waals surface area contributed by atoms with E-state index in [1.54, 1.807) is 27.0 Å². The number of hydrogen-bond acceptors (Lipinski definition) is 2. The standard InChI is InChI=1S/C12H17O3S/c1-4-16(13,14)10(2)9-11-5-7-12(15-3)8-6-11/h5-10H,4H2,1-3H3/q+1. The highest BCUT2D eigenvalue weighted by atomic mass is 32.2. The molecule has 0 bridgehead atoms. The summed E-state index contributed by atoms with van der Waals surface area (Å²) in [7, 11) is -1.40. The molecule has 1 aliphatic rings. The summed E-state index contributed by atoms with van der Waals surface area (Å²) < 4.78 is 28.2. The van der Waals surface area contributed by atoms with Crippen molar-refractivity contribution >= 4 is 15.6 Å². The summed E-state index contributed by atoms with van der Waals surface area (Å²) in [5.74, 6) is 0.934. The van der Waals surface area contributed by atoms with Crippen molar-refractivity contribution in [1.29, 1.82) is 0 Å². The zero-order valence-corrected chi connectivity index (χ0v) is 10.6. The van der Waals surface area contributed by atoms with Crippen molar-refractivity contribution in [2.45, 2.75) is 19.1 Å². The van der Waals surface area contributed by atoms with Crippen molar-refractivity contribution in [2.24, 2.45) is 0 Å². The van der Waals surface area contributed by atoms with Crippen LogP contribution in [0.1, 0.15) is 13.8 Å². The molecular weight excluding hydrogens is 224 g/mol. The van der Waals surface area contributed by atoms with E-state index < -0.39 is 15.1 Å². The summed E-state index contributed by atoms with van der Waals surface area (Å²) in [6.45, 7) is 3.36. The third-order valence-electron chi connectivity index (χ3n) is 2.51. The maximum absolute atomic E-state index is 11.6. The van der Waals surface area contributed by atoms with Crippen molar-refractivity contribution in [3.05, 3.63) is 36.0 Å². The highest BCUT2D eigenvalue weighted by Crippen LogP contribution is 2.12. The molecule has 1 aliphatic carbocycles. The van der Waals surface area contributed by atoms with Gasteiger partial charge in [0.1, 0.15) is 0 Å². The molecule has 1 atom stereocenters. The van der Waals surface area contributed by atoms with Gasteiger partial charge in [-0.25, -0.2) is 8.42 Å². The lowest BCUT2D eigenvalue weighted by Gasteiger charge is -2.07. The van der Waals surface area contributed by atoms with Gasteiger partial charge in [-0.2, -0.15) is 0 Å². The fraction of sp³-hybridized carbons (Fsp3) is 0.417. The minimum atomic E-state index is -3.00. The molecule has 0 heterocycles. The SMILES string of the molecule is CCS(=O)(=O)C(C)C=C1C=CC(=[O+]C)C=C1. The van der Waals surface area contributed by atoms with Gasteiger partial charge < -0.3 is 0 Å². The lowest BCUT2D eigenvalue weighted by atomic mass is 10.1. The van der Waals surface area contributed by atoms with Crippen LogP contribution in [0.4, 0.5) is 0 Å². The van der Waals surface area contributed by atoms with Crippen molar-refractivity contribution in [1.82, 2.24) is 0 Å².